The molecule has 2 aliphatic heterocycles. The Morgan fingerprint density at radius 2 is 1.60 bits per heavy atom. The van der Waals surface area contributed by atoms with E-state index in [-0.39, 0.29) is 0 Å². The first-order valence-corrected chi connectivity index (χ1v) is 16.2. The number of ether oxygens (including phenoxy) is 1. The lowest BCUT2D eigenvalue weighted by Gasteiger charge is -2.26. The Balaban J connectivity index is 1.33. The lowest BCUT2D eigenvalue weighted by atomic mass is 9.81. The Kier molecular flexibility index (Phi) is 7.77. The zero-order chi connectivity index (χ0) is 28.5. The number of para-hydroxylation sites is 1. The summed E-state index contributed by atoms with van der Waals surface area (Å²) in [6, 6.07) is 21.2. The van der Waals surface area contributed by atoms with Crippen molar-refractivity contribution in [2.24, 2.45) is 0 Å². The fourth-order valence-electron chi connectivity index (χ4n) is 7.84. The van der Waals surface area contributed by atoms with Crippen LogP contribution in [-0.2, 0) is 13.0 Å². The minimum Gasteiger partial charge on any atom is -0.490 e. The highest BCUT2D eigenvalue weighted by molar-refractivity contribution is 5.99. The lowest BCUT2D eigenvalue weighted by Crippen LogP contribution is -2.30. The number of benzene rings is 3. The van der Waals surface area contributed by atoms with Crippen LogP contribution in [0, 0.1) is 0 Å². The van der Waals surface area contributed by atoms with Gasteiger partial charge in [-0.2, -0.15) is 0 Å². The molecule has 0 unspecified atom stereocenters. The molecule has 0 amide bonds. The van der Waals surface area contributed by atoms with Gasteiger partial charge in [-0.3, -0.25) is 0 Å². The number of carboxylic acid groups (broad SMARTS) is 1. The normalized spacial score (nSPS) is 17.8. The van der Waals surface area contributed by atoms with E-state index in [2.05, 4.69) is 58.0 Å². The standard InChI is InChI=1S/C37H42N2O3/c40-37(41)28-18-19-31-33(25-28)39-23-24-42-36-30(16-9-17-32(36)35(39)34(31)27-12-3-1-4-13-27)29-15-6-5-11-26(29)14-10-22-38-20-7-2-8-21-38/h5-6,9,11,15-19,25,27H,1-4,7-8,10,12-14,20-24H2,(H,40,41). The summed E-state index contributed by atoms with van der Waals surface area (Å²) in [6.07, 6.45) is 12.4. The number of hydrogen-bond donors (Lipinski definition) is 1. The van der Waals surface area contributed by atoms with Gasteiger partial charge in [0.1, 0.15) is 12.4 Å². The van der Waals surface area contributed by atoms with Gasteiger partial charge in [0.2, 0.25) is 0 Å². The molecule has 1 aliphatic carbocycles. The van der Waals surface area contributed by atoms with Gasteiger partial charge in [0.05, 0.1) is 17.8 Å². The minimum absolute atomic E-state index is 0.343. The smallest absolute Gasteiger partial charge is 0.335 e. The Hall–Kier alpha value is -3.57. The Bertz CT molecular complexity index is 1590. The topological polar surface area (TPSA) is 54.7 Å². The summed E-state index contributed by atoms with van der Waals surface area (Å²) in [6.45, 7) is 4.91. The molecule has 3 aliphatic rings. The molecule has 3 aromatic carbocycles. The van der Waals surface area contributed by atoms with Crippen molar-refractivity contribution >= 4 is 16.9 Å². The van der Waals surface area contributed by atoms with Gasteiger partial charge in [0.25, 0.3) is 0 Å². The maximum absolute atomic E-state index is 11.9. The number of carbonyl (C=O) groups is 1. The molecule has 3 heterocycles. The van der Waals surface area contributed by atoms with Gasteiger partial charge in [-0.25, -0.2) is 4.79 Å². The monoisotopic (exact) mass is 562 g/mol. The molecule has 1 saturated heterocycles. The van der Waals surface area contributed by atoms with E-state index >= 15 is 0 Å². The van der Waals surface area contributed by atoms with Crippen LogP contribution in [0.15, 0.2) is 60.7 Å². The number of hydrogen-bond acceptors (Lipinski definition) is 3. The average Bonchev–Trinajstić information content (AvgIpc) is 3.22. The number of piperidine rings is 1. The molecule has 42 heavy (non-hydrogen) atoms. The van der Waals surface area contributed by atoms with Crippen molar-refractivity contribution in [1.82, 2.24) is 9.47 Å². The molecule has 0 bridgehead atoms. The summed E-state index contributed by atoms with van der Waals surface area (Å²) in [5, 5.41) is 11.0. The number of rotatable bonds is 7. The van der Waals surface area contributed by atoms with Crippen molar-refractivity contribution in [3.63, 3.8) is 0 Å². The summed E-state index contributed by atoms with van der Waals surface area (Å²) in [5.74, 6) is 0.569. The van der Waals surface area contributed by atoms with E-state index in [9.17, 15) is 9.90 Å². The zero-order valence-corrected chi connectivity index (χ0v) is 24.6. The van der Waals surface area contributed by atoms with E-state index in [0.29, 0.717) is 24.6 Å². The number of likely N-dealkylation sites (tertiary alicyclic amines) is 1. The van der Waals surface area contributed by atoms with Crippen LogP contribution in [0.3, 0.4) is 0 Å². The van der Waals surface area contributed by atoms with E-state index in [1.165, 1.54) is 111 Å². The zero-order valence-electron chi connectivity index (χ0n) is 24.6. The number of fused-ring (bicyclic) bond motifs is 5. The van der Waals surface area contributed by atoms with Crippen LogP contribution in [0.4, 0.5) is 0 Å². The Morgan fingerprint density at radius 1 is 0.833 bits per heavy atom. The number of aromatic carboxylic acids is 1. The first-order valence-electron chi connectivity index (χ1n) is 16.2. The molecule has 5 nitrogen and oxygen atoms in total. The third kappa shape index (κ3) is 5.13. The molecule has 1 aromatic heterocycles. The quantitative estimate of drug-likeness (QED) is 0.245. The van der Waals surface area contributed by atoms with Crippen molar-refractivity contribution in [3.05, 3.63) is 77.4 Å². The maximum Gasteiger partial charge on any atom is 0.335 e. The molecule has 1 saturated carbocycles. The molecule has 0 spiro atoms. The summed E-state index contributed by atoms with van der Waals surface area (Å²) in [5.41, 5.74) is 8.94. The molecule has 0 atom stereocenters. The van der Waals surface area contributed by atoms with Crippen molar-refractivity contribution in [2.75, 3.05) is 26.2 Å². The molecule has 7 rings (SSSR count). The number of aryl methyl sites for hydroxylation is 1. The number of carboxylic acids is 1. The Morgan fingerprint density at radius 3 is 2.43 bits per heavy atom. The summed E-state index contributed by atoms with van der Waals surface area (Å²) < 4.78 is 9.01. The Labute approximate surface area is 249 Å². The van der Waals surface area contributed by atoms with Gasteiger partial charge in [0.15, 0.2) is 0 Å². The molecule has 2 fully saturated rings. The lowest BCUT2D eigenvalue weighted by molar-refractivity contribution is 0.0697. The highest BCUT2D eigenvalue weighted by Gasteiger charge is 2.30. The minimum atomic E-state index is -0.879. The first kappa shape index (κ1) is 27.3. The predicted molar refractivity (Wildman–Crippen MR) is 170 cm³/mol. The van der Waals surface area contributed by atoms with Gasteiger partial charge >= 0.3 is 5.97 Å². The van der Waals surface area contributed by atoms with E-state index in [1.807, 2.05) is 6.07 Å². The summed E-state index contributed by atoms with van der Waals surface area (Å²) in [7, 11) is 0. The molecular weight excluding hydrogens is 520 g/mol. The highest BCUT2D eigenvalue weighted by Crippen LogP contribution is 2.49. The summed E-state index contributed by atoms with van der Waals surface area (Å²) >= 11 is 0. The van der Waals surface area contributed by atoms with E-state index in [4.69, 9.17) is 4.74 Å². The van der Waals surface area contributed by atoms with Crippen LogP contribution in [0.5, 0.6) is 5.75 Å². The van der Waals surface area contributed by atoms with Crippen LogP contribution >= 0.6 is 0 Å². The molecule has 218 valence electrons. The van der Waals surface area contributed by atoms with E-state index in [0.717, 1.165) is 23.3 Å². The third-order valence-electron chi connectivity index (χ3n) is 9.87. The van der Waals surface area contributed by atoms with Gasteiger partial charge in [-0.05, 0) is 99.0 Å². The van der Waals surface area contributed by atoms with Crippen LogP contribution < -0.4 is 4.74 Å². The van der Waals surface area contributed by atoms with Crippen molar-refractivity contribution in [2.45, 2.75) is 76.7 Å². The SMILES string of the molecule is O=C(O)c1ccc2c(C3CCCCC3)c3n(c2c1)CCOc1c(-c2ccccc2CCCN2CCCCC2)cccc1-3. The molecule has 0 radical (unpaired) electrons. The van der Waals surface area contributed by atoms with Crippen LogP contribution in [-0.4, -0.2) is 46.8 Å². The largest absolute Gasteiger partial charge is 0.490 e. The third-order valence-corrected chi connectivity index (χ3v) is 9.87. The second-order valence-electron chi connectivity index (χ2n) is 12.5. The second-order valence-corrected chi connectivity index (χ2v) is 12.5. The van der Waals surface area contributed by atoms with E-state index < -0.39 is 5.97 Å². The van der Waals surface area contributed by atoms with Crippen LogP contribution in [0.2, 0.25) is 0 Å². The van der Waals surface area contributed by atoms with Gasteiger partial charge in [-0.15, -0.1) is 0 Å². The van der Waals surface area contributed by atoms with E-state index in [1.54, 1.807) is 6.07 Å². The average molecular weight is 563 g/mol. The first-order chi connectivity index (χ1) is 20.7. The highest BCUT2D eigenvalue weighted by atomic mass is 16.5. The van der Waals surface area contributed by atoms with Crippen LogP contribution in [0.25, 0.3) is 33.3 Å². The van der Waals surface area contributed by atoms with Gasteiger partial charge in [-0.1, -0.05) is 68.1 Å². The fraction of sp³-hybridized carbons (Fsp3) is 0.432. The van der Waals surface area contributed by atoms with Gasteiger partial charge in [0, 0.05) is 22.0 Å². The van der Waals surface area contributed by atoms with Crippen molar-refractivity contribution in [3.8, 4) is 28.1 Å². The molecule has 5 heteroatoms. The molecular formula is C37H42N2O3. The van der Waals surface area contributed by atoms with Crippen molar-refractivity contribution < 1.29 is 14.6 Å². The predicted octanol–water partition coefficient (Wildman–Crippen LogP) is 8.53. The van der Waals surface area contributed by atoms with Crippen molar-refractivity contribution in [1.29, 1.82) is 0 Å². The second kappa shape index (κ2) is 12.0. The van der Waals surface area contributed by atoms with Gasteiger partial charge < -0.3 is 19.3 Å². The summed E-state index contributed by atoms with van der Waals surface area (Å²) in [4.78, 5) is 14.6. The molecule has 4 aromatic rings. The molecule has 1 N–H and O–H groups in total. The maximum atomic E-state index is 11.9. The fourth-order valence-corrected chi connectivity index (χ4v) is 7.84. The van der Waals surface area contributed by atoms with Crippen LogP contribution in [0.1, 0.15) is 85.2 Å². The number of aromatic nitrogens is 1. The number of nitrogens with zero attached hydrogens (tertiary/aromatic N) is 2.